The number of phosphoric ester groups is 1. The minimum absolute atomic E-state index is 0. The Morgan fingerprint density at radius 2 is 1.55 bits per heavy atom. The monoisotopic (exact) mass is 767 g/mol. The van der Waals surface area contributed by atoms with Gasteiger partial charge in [-0.1, -0.05) is 122 Å². The summed E-state index contributed by atoms with van der Waals surface area (Å²) >= 11 is 1.76. The van der Waals surface area contributed by atoms with Crippen molar-refractivity contribution in [1.29, 1.82) is 0 Å². The van der Waals surface area contributed by atoms with Crippen molar-refractivity contribution in [2.45, 2.75) is 167 Å². The average molecular weight is 768 g/mol. The Morgan fingerprint density at radius 3 is 2.14 bits per heavy atom. The van der Waals surface area contributed by atoms with Gasteiger partial charge in [0.25, 0.3) is 13.4 Å². The van der Waals surface area contributed by atoms with Crippen LogP contribution in [0.4, 0.5) is 0 Å². The predicted molar refractivity (Wildman–Crippen MR) is 199 cm³/mol. The van der Waals surface area contributed by atoms with Crippen molar-refractivity contribution in [3.8, 4) is 0 Å². The van der Waals surface area contributed by atoms with Crippen molar-refractivity contribution in [3.05, 3.63) is 43.0 Å². The SMILES string of the molecule is CCCCCCCCCCCCSCC(COP(=O)([O-])OC[C@H]1O[C@@H](n2cc(C)c(=O)[nH]c2=O)C[C@@H]1N=[N+]=[N-])OCCCCCCCCCC.[Na+]. The van der Waals surface area contributed by atoms with Gasteiger partial charge in [-0.15, -0.1) is 0 Å². The van der Waals surface area contributed by atoms with Crippen LogP contribution >= 0.6 is 19.6 Å². The normalized spacial score (nSPS) is 18.9. The summed E-state index contributed by atoms with van der Waals surface area (Å²) in [6, 6.07) is -0.797. The summed E-state index contributed by atoms with van der Waals surface area (Å²) in [6.07, 6.45) is 21.5. The predicted octanol–water partition coefficient (Wildman–Crippen LogP) is 5.50. The van der Waals surface area contributed by atoms with Gasteiger partial charge in [-0.05, 0) is 31.0 Å². The van der Waals surface area contributed by atoms with Crippen molar-refractivity contribution in [2.24, 2.45) is 5.11 Å². The van der Waals surface area contributed by atoms with Gasteiger partial charge >= 0.3 is 35.2 Å². The molecule has 288 valence electrons. The second kappa shape index (κ2) is 29.7. The smallest absolute Gasteiger partial charge is 0.756 e. The number of aromatic nitrogens is 2. The van der Waals surface area contributed by atoms with Gasteiger partial charge in [-0.2, -0.15) is 11.8 Å². The van der Waals surface area contributed by atoms with E-state index < -0.39 is 50.2 Å². The van der Waals surface area contributed by atoms with Crippen molar-refractivity contribution >= 4 is 19.6 Å². The van der Waals surface area contributed by atoms with E-state index in [1.54, 1.807) is 18.7 Å². The molecular formula is C35H63N5NaO8PS. The van der Waals surface area contributed by atoms with Crippen LogP contribution in [0.5, 0.6) is 0 Å². The second-order valence-corrected chi connectivity index (χ2v) is 15.9. The molecule has 0 aliphatic carbocycles. The fourth-order valence-corrected chi connectivity index (χ4v) is 7.72. The molecule has 1 aromatic heterocycles. The van der Waals surface area contributed by atoms with Crippen LogP contribution < -0.4 is 45.7 Å². The van der Waals surface area contributed by atoms with Gasteiger partial charge < -0.3 is 23.4 Å². The topological polar surface area (TPSA) is 181 Å². The average Bonchev–Trinajstić information content (AvgIpc) is 3.49. The number of thioether (sulfide) groups is 1. The standard InChI is InChI=1S/C35H64N5O8PS.Na/c1-4-6-8-10-12-14-15-17-19-21-23-50-28-30(45-22-20-18-16-13-11-9-7-5-2)26-46-49(43,44)47-27-32-31(38-39-36)24-33(48-32)40-25-29(3)34(41)37-35(40)42;/h25,30-33H,4-24,26-28H2,1-3H3,(H,43,44)(H,37,41,42);/q;+1/p-1/t30?,31-,32+,33+;/m0./s1. The molecule has 1 N–H and O–H groups in total. The molecule has 1 aliphatic rings. The molecule has 0 radical (unpaired) electrons. The Bertz CT molecular complexity index is 1270. The molecule has 2 unspecified atom stereocenters. The number of rotatable bonds is 31. The molecule has 1 fully saturated rings. The van der Waals surface area contributed by atoms with Gasteiger partial charge in [0.1, 0.15) is 6.23 Å². The van der Waals surface area contributed by atoms with Crippen molar-refractivity contribution in [1.82, 2.24) is 9.55 Å². The molecule has 5 atom stereocenters. The van der Waals surface area contributed by atoms with E-state index in [0.717, 1.165) is 25.0 Å². The zero-order valence-corrected chi connectivity index (χ0v) is 35.5. The number of H-pyrrole nitrogens is 1. The molecule has 1 saturated heterocycles. The first-order chi connectivity index (χ1) is 24.2. The number of aryl methyl sites for hydroxylation is 1. The Labute approximate surface area is 331 Å². The number of nitrogens with one attached hydrogen (secondary N) is 1. The number of hydrogen-bond donors (Lipinski definition) is 1. The van der Waals surface area contributed by atoms with Crippen LogP contribution in [-0.2, 0) is 23.1 Å². The van der Waals surface area contributed by atoms with Crippen molar-refractivity contribution < 1.29 is 57.5 Å². The van der Waals surface area contributed by atoms with Gasteiger partial charge in [-0.25, -0.2) is 4.79 Å². The van der Waals surface area contributed by atoms with E-state index in [9.17, 15) is 19.0 Å². The summed E-state index contributed by atoms with van der Waals surface area (Å²) in [5.74, 6) is 1.60. The summed E-state index contributed by atoms with van der Waals surface area (Å²) in [5, 5.41) is 3.71. The maximum Gasteiger partial charge on any atom is 1.00 e. The van der Waals surface area contributed by atoms with E-state index in [1.165, 1.54) is 107 Å². The van der Waals surface area contributed by atoms with Crippen molar-refractivity contribution in [3.63, 3.8) is 0 Å². The van der Waals surface area contributed by atoms with E-state index in [4.69, 9.17) is 24.1 Å². The van der Waals surface area contributed by atoms with Crippen LogP contribution in [0.25, 0.3) is 10.4 Å². The molecule has 0 spiro atoms. The Hall–Kier alpha value is -0.630. The first kappa shape index (κ1) is 48.4. The summed E-state index contributed by atoms with van der Waals surface area (Å²) < 4.78 is 36.4. The van der Waals surface area contributed by atoms with Gasteiger partial charge in [-0.3, -0.25) is 18.9 Å². The summed E-state index contributed by atoms with van der Waals surface area (Å²) in [5.41, 5.74) is 8.14. The molecule has 0 aromatic carbocycles. The minimum atomic E-state index is -4.76. The molecule has 1 aliphatic heterocycles. The fraction of sp³-hybridized carbons (Fsp3) is 0.886. The molecule has 16 heteroatoms. The van der Waals surface area contributed by atoms with E-state index >= 15 is 0 Å². The molecule has 1 aromatic rings. The number of hydrogen-bond acceptors (Lipinski definition) is 10. The van der Waals surface area contributed by atoms with E-state index in [2.05, 4.69) is 28.9 Å². The molecule has 0 amide bonds. The number of unbranched alkanes of at least 4 members (excludes halogenated alkanes) is 16. The van der Waals surface area contributed by atoms with E-state index in [1.807, 2.05) is 0 Å². The molecule has 51 heavy (non-hydrogen) atoms. The van der Waals surface area contributed by atoms with Gasteiger partial charge in [0, 0.05) is 35.5 Å². The maximum atomic E-state index is 12.8. The molecule has 13 nitrogen and oxygen atoms in total. The van der Waals surface area contributed by atoms with Crippen LogP contribution in [-0.4, -0.2) is 59.1 Å². The van der Waals surface area contributed by atoms with Gasteiger partial charge in [0.2, 0.25) is 0 Å². The third-order valence-corrected chi connectivity index (χ3v) is 11.1. The zero-order valence-electron chi connectivity index (χ0n) is 31.8. The van der Waals surface area contributed by atoms with Gasteiger partial charge in [0.15, 0.2) is 0 Å². The van der Waals surface area contributed by atoms with E-state index in [-0.39, 0.29) is 42.6 Å². The summed E-state index contributed by atoms with van der Waals surface area (Å²) in [7, 11) is -4.76. The minimum Gasteiger partial charge on any atom is -0.756 e. The number of azide groups is 1. The van der Waals surface area contributed by atoms with Crippen LogP contribution in [0, 0.1) is 6.92 Å². The van der Waals surface area contributed by atoms with Crippen LogP contribution in [0.15, 0.2) is 20.9 Å². The second-order valence-electron chi connectivity index (χ2n) is 13.4. The number of phosphoric acid groups is 1. The van der Waals surface area contributed by atoms with Crippen LogP contribution in [0.2, 0.25) is 0 Å². The maximum absolute atomic E-state index is 12.8. The Morgan fingerprint density at radius 1 is 0.980 bits per heavy atom. The van der Waals surface area contributed by atoms with Gasteiger partial charge in [0.05, 0.1) is 31.5 Å². The summed E-state index contributed by atoms with van der Waals surface area (Å²) in [4.78, 5) is 42.0. The number of ether oxygens (including phenoxy) is 2. The Kier molecular flexibility index (Phi) is 28.2. The number of nitrogens with zero attached hydrogens (tertiary/aromatic N) is 4. The number of aromatic amines is 1. The molecule has 2 heterocycles. The van der Waals surface area contributed by atoms with Crippen LogP contribution in [0.3, 0.4) is 0 Å². The Balaban J connectivity index is 0.0000130. The zero-order chi connectivity index (χ0) is 36.5. The van der Waals surface area contributed by atoms with Crippen molar-refractivity contribution in [2.75, 3.05) is 31.3 Å². The summed E-state index contributed by atoms with van der Waals surface area (Å²) in [6.45, 7) is 5.92. The fourth-order valence-electron chi connectivity index (χ4n) is 5.94. The first-order valence-electron chi connectivity index (χ1n) is 19.0. The molecule has 2 rings (SSSR count). The quantitative estimate of drug-likeness (QED) is 0.0255. The third kappa shape index (κ3) is 21.7. The van der Waals surface area contributed by atoms with Crippen LogP contribution in [0.1, 0.15) is 148 Å². The largest absolute Gasteiger partial charge is 1.00 e. The third-order valence-electron chi connectivity index (χ3n) is 8.97. The molecule has 0 saturated carbocycles. The first-order valence-corrected chi connectivity index (χ1v) is 21.6. The van der Waals surface area contributed by atoms with E-state index in [0.29, 0.717) is 17.9 Å². The molecular weight excluding hydrogens is 704 g/mol. The molecule has 0 bridgehead atoms.